The SMILES string of the molecule is O=C(Cn1cncn1)NCc1nc(-c2ccc[nH]c2=O)no1. The molecule has 22 heavy (non-hydrogen) atoms. The van der Waals surface area contributed by atoms with Crippen LogP contribution in [0.4, 0.5) is 0 Å². The molecule has 0 aliphatic rings. The van der Waals surface area contributed by atoms with Gasteiger partial charge in [-0.15, -0.1) is 0 Å². The lowest BCUT2D eigenvalue weighted by Gasteiger charge is -2.01. The van der Waals surface area contributed by atoms with Crippen molar-refractivity contribution in [3.63, 3.8) is 0 Å². The van der Waals surface area contributed by atoms with Gasteiger partial charge in [-0.2, -0.15) is 10.1 Å². The maximum absolute atomic E-state index is 11.7. The van der Waals surface area contributed by atoms with Gasteiger partial charge < -0.3 is 14.8 Å². The third-order valence-electron chi connectivity index (χ3n) is 2.74. The number of aromatic amines is 1. The van der Waals surface area contributed by atoms with E-state index in [4.69, 9.17) is 4.52 Å². The van der Waals surface area contributed by atoms with Crippen molar-refractivity contribution in [3.8, 4) is 11.4 Å². The summed E-state index contributed by atoms with van der Waals surface area (Å²) in [5, 5.41) is 10.1. The van der Waals surface area contributed by atoms with Gasteiger partial charge in [-0.3, -0.25) is 9.59 Å². The standard InChI is InChI=1S/C12H11N7O3/c20-9(5-19-7-13-6-16-19)15-4-10-17-11(18-22-10)8-2-1-3-14-12(8)21/h1-3,6-7H,4-5H2,(H,14,21)(H,15,20). The molecule has 0 aliphatic heterocycles. The Morgan fingerprint density at radius 3 is 3.14 bits per heavy atom. The number of nitrogens with zero attached hydrogens (tertiary/aromatic N) is 5. The number of carbonyl (C=O) groups excluding carboxylic acids is 1. The summed E-state index contributed by atoms with van der Waals surface area (Å²) in [6.07, 6.45) is 4.29. The van der Waals surface area contributed by atoms with Crippen LogP contribution >= 0.6 is 0 Å². The quantitative estimate of drug-likeness (QED) is 0.639. The monoisotopic (exact) mass is 301 g/mol. The predicted octanol–water partition coefficient (Wildman–Crippen LogP) is -0.667. The number of hydrogen-bond acceptors (Lipinski definition) is 7. The van der Waals surface area contributed by atoms with Crippen LogP contribution in [0.3, 0.4) is 0 Å². The molecule has 3 heterocycles. The Labute approximate surface area is 123 Å². The molecule has 0 spiro atoms. The van der Waals surface area contributed by atoms with Crippen LogP contribution in [-0.4, -0.2) is 35.8 Å². The first kappa shape index (κ1) is 13.7. The zero-order valence-corrected chi connectivity index (χ0v) is 11.3. The Kier molecular flexibility index (Phi) is 3.72. The molecule has 3 aromatic heterocycles. The van der Waals surface area contributed by atoms with Gasteiger partial charge in [0.1, 0.15) is 19.2 Å². The second kappa shape index (κ2) is 5.99. The second-order valence-corrected chi connectivity index (χ2v) is 4.29. The number of hydrogen-bond donors (Lipinski definition) is 2. The van der Waals surface area contributed by atoms with Crippen molar-refractivity contribution in [1.29, 1.82) is 0 Å². The average Bonchev–Trinajstić information content (AvgIpc) is 3.17. The highest BCUT2D eigenvalue weighted by molar-refractivity contribution is 5.75. The van der Waals surface area contributed by atoms with Gasteiger partial charge in [0.25, 0.3) is 5.56 Å². The number of nitrogens with one attached hydrogen (secondary N) is 2. The predicted molar refractivity (Wildman–Crippen MR) is 72.2 cm³/mol. The molecule has 10 nitrogen and oxygen atoms in total. The van der Waals surface area contributed by atoms with E-state index in [9.17, 15) is 9.59 Å². The van der Waals surface area contributed by atoms with Gasteiger partial charge in [-0.05, 0) is 12.1 Å². The average molecular weight is 301 g/mol. The third kappa shape index (κ3) is 3.06. The molecule has 0 saturated carbocycles. The molecule has 3 rings (SSSR count). The molecule has 0 atom stereocenters. The first-order valence-electron chi connectivity index (χ1n) is 6.32. The molecule has 2 N–H and O–H groups in total. The Hall–Kier alpha value is -3.30. The molecule has 1 amide bonds. The van der Waals surface area contributed by atoms with Crippen molar-refractivity contribution < 1.29 is 9.32 Å². The van der Waals surface area contributed by atoms with Crippen LogP contribution in [0.15, 0.2) is 40.3 Å². The van der Waals surface area contributed by atoms with Gasteiger partial charge in [0.05, 0.1) is 12.1 Å². The lowest BCUT2D eigenvalue weighted by Crippen LogP contribution is -2.27. The van der Waals surface area contributed by atoms with Crippen LogP contribution < -0.4 is 10.9 Å². The Bertz CT molecular complexity index is 821. The lowest BCUT2D eigenvalue weighted by atomic mass is 10.3. The van der Waals surface area contributed by atoms with Crippen molar-refractivity contribution in [2.24, 2.45) is 0 Å². The summed E-state index contributed by atoms with van der Waals surface area (Å²) in [5.41, 5.74) is -0.0171. The first-order chi connectivity index (χ1) is 10.7. The minimum atomic E-state index is -0.315. The van der Waals surface area contributed by atoms with Crippen LogP contribution in [0.2, 0.25) is 0 Å². The van der Waals surface area contributed by atoms with E-state index < -0.39 is 0 Å². The maximum atomic E-state index is 11.7. The molecule has 10 heteroatoms. The fraction of sp³-hybridized carbons (Fsp3) is 0.167. The molecule has 0 aromatic carbocycles. The molecule has 3 aromatic rings. The second-order valence-electron chi connectivity index (χ2n) is 4.29. The Balaban J connectivity index is 1.61. The van der Waals surface area contributed by atoms with Crippen molar-refractivity contribution in [1.82, 2.24) is 35.2 Å². The molecule has 0 fully saturated rings. The van der Waals surface area contributed by atoms with E-state index in [1.165, 1.54) is 23.5 Å². The number of rotatable bonds is 5. The van der Waals surface area contributed by atoms with E-state index in [1.807, 2.05) is 0 Å². The number of carbonyl (C=O) groups is 1. The molecular weight excluding hydrogens is 290 g/mol. The highest BCUT2D eigenvalue weighted by Crippen LogP contribution is 2.09. The van der Waals surface area contributed by atoms with Crippen LogP contribution in [0.5, 0.6) is 0 Å². The summed E-state index contributed by atoms with van der Waals surface area (Å²) in [6.45, 7) is 0.102. The van der Waals surface area contributed by atoms with Gasteiger partial charge in [-0.25, -0.2) is 9.67 Å². The summed E-state index contributed by atoms with van der Waals surface area (Å²) in [5.74, 6) is 0.0929. The number of pyridine rings is 1. The van der Waals surface area contributed by atoms with E-state index in [0.29, 0.717) is 5.56 Å². The van der Waals surface area contributed by atoms with Crippen LogP contribution in [0.25, 0.3) is 11.4 Å². The van der Waals surface area contributed by atoms with Crippen LogP contribution in [0, 0.1) is 0 Å². The van der Waals surface area contributed by atoms with Gasteiger partial charge in [0.2, 0.25) is 17.6 Å². The summed E-state index contributed by atoms with van der Waals surface area (Å²) in [4.78, 5) is 33.6. The smallest absolute Gasteiger partial charge is 0.259 e. The largest absolute Gasteiger partial charge is 0.345 e. The third-order valence-corrected chi connectivity index (χ3v) is 2.74. The zero-order valence-electron chi connectivity index (χ0n) is 11.3. The molecule has 0 radical (unpaired) electrons. The van der Waals surface area contributed by atoms with Crippen LogP contribution in [0.1, 0.15) is 5.89 Å². The fourth-order valence-electron chi connectivity index (χ4n) is 1.73. The molecule has 0 bridgehead atoms. The highest BCUT2D eigenvalue weighted by atomic mass is 16.5. The van der Waals surface area contributed by atoms with E-state index in [1.54, 1.807) is 12.1 Å². The molecule has 0 unspecified atom stereocenters. The van der Waals surface area contributed by atoms with Crippen molar-refractivity contribution >= 4 is 5.91 Å². The molecular formula is C12H11N7O3. The highest BCUT2D eigenvalue weighted by Gasteiger charge is 2.12. The number of H-pyrrole nitrogens is 1. The molecule has 0 aliphatic carbocycles. The van der Waals surface area contributed by atoms with Crippen molar-refractivity contribution in [2.75, 3.05) is 0 Å². The molecule has 0 saturated heterocycles. The van der Waals surface area contributed by atoms with E-state index in [-0.39, 0.29) is 36.3 Å². The van der Waals surface area contributed by atoms with Gasteiger partial charge in [0.15, 0.2) is 0 Å². The minimum Gasteiger partial charge on any atom is -0.345 e. The van der Waals surface area contributed by atoms with Gasteiger partial charge in [-0.1, -0.05) is 5.16 Å². The number of aromatic nitrogens is 6. The summed E-state index contributed by atoms with van der Waals surface area (Å²) >= 11 is 0. The zero-order chi connectivity index (χ0) is 15.4. The topological polar surface area (TPSA) is 132 Å². The van der Waals surface area contributed by atoms with E-state index in [2.05, 4.69) is 30.5 Å². The normalized spacial score (nSPS) is 10.5. The Morgan fingerprint density at radius 1 is 1.45 bits per heavy atom. The summed E-state index contributed by atoms with van der Waals surface area (Å²) in [6, 6.07) is 3.24. The maximum Gasteiger partial charge on any atom is 0.259 e. The molecule has 112 valence electrons. The fourth-order valence-corrected chi connectivity index (χ4v) is 1.73. The van der Waals surface area contributed by atoms with E-state index in [0.717, 1.165) is 0 Å². The van der Waals surface area contributed by atoms with Gasteiger partial charge in [0, 0.05) is 6.20 Å². The minimum absolute atomic E-state index is 0.0410. The Morgan fingerprint density at radius 2 is 2.36 bits per heavy atom. The van der Waals surface area contributed by atoms with Crippen molar-refractivity contribution in [3.05, 3.63) is 47.2 Å². The first-order valence-corrected chi connectivity index (χ1v) is 6.32. The van der Waals surface area contributed by atoms with Gasteiger partial charge >= 0.3 is 0 Å². The lowest BCUT2D eigenvalue weighted by molar-refractivity contribution is -0.122. The van der Waals surface area contributed by atoms with Crippen LogP contribution in [-0.2, 0) is 17.9 Å². The van der Waals surface area contributed by atoms with E-state index >= 15 is 0 Å². The number of amides is 1. The summed E-state index contributed by atoms with van der Waals surface area (Å²) < 4.78 is 6.38. The van der Waals surface area contributed by atoms with Crippen molar-refractivity contribution in [2.45, 2.75) is 13.1 Å². The summed E-state index contributed by atoms with van der Waals surface area (Å²) in [7, 11) is 0.